The normalized spacial score (nSPS) is 10.6. The van der Waals surface area contributed by atoms with Crippen molar-refractivity contribution in [2.45, 2.75) is 0 Å². The van der Waals surface area contributed by atoms with Gasteiger partial charge in [-0.25, -0.2) is 9.37 Å². The van der Waals surface area contributed by atoms with Crippen LogP contribution in [0.1, 0.15) is 0 Å². The summed E-state index contributed by atoms with van der Waals surface area (Å²) in [6.07, 6.45) is 1.37. The molecular formula is C8H4BrFN2O. The van der Waals surface area contributed by atoms with Gasteiger partial charge in [0.25, 0.3) is 0 Å². The van der Waals surface area contributed by atoms with Crippen molar-refractivity contribution in [3.8, 4) is 6.01 Å². The maximum atomic E-state index is 13.2. The molecule has 0 bridgehead atoms. The molecule has 13 heavy (non-hydrogen) atoms. The standard InChI is InChI=1S/C8H4BrFN2O/c9-5-1-4-3-11-8(13)12-7(4)6(10)2-5/h1-3H,(H,11,12,13). The highest BCUT2D eigenvalue weighted by atomic mass is 79.9. The Morgan fingerprint density at radius 3 is 2.92 bits per heavy atom. The monoisotopic (exact) mass is 242 g/mol. The summed E-state index contributed by atoms with van der Waals surface area (Å²) in [5.41, 5.74) is 0.121. The number of hydrogen-bond donors (Lipinski definition) is 1. The first kappa shape index (κ1) is 8.37. The van der Waals surface area contributed by atoms with Crippen molar-refractivity contribution in [3.05, 3.63) is 28.6 Å². The van der Waals surface area contributed by atoms with Crippen LogP contribution < -0.4 is 0 Å². The zero-order valence-corrected chi connectivity index (χ0v) is 7.92. The molecule has 0 amide bonds. The van der Waals surface area contributed by atoms with Gasteiger partial charge in [0.05, 0.1) is 0 Å². The minimum absolute atomic E-state index is 0.121. The van der Waals surface area contributed by atoms with Crippen LogP contribution in [0.15, 0.2) is 22.8 Å². The molecule has 0 spiro atoms. The topological polar surface area (TPSA) is 46.0 Å². The third-order valence-electron chi connectivity index (χ3n) is 1.59. The lowest BCUT2D eigenvalue weighted by atomic mass is 10.2. The van der Waals surface area contributed by atoms with Gasteiger partial charge < -0.3 is 5.11 Å². The molecule has 1 aromatic carbocycles. The molecule has 0 unspecified atom stereocenters. The lowest BCUT2D eigenvalue weighted by Crippen LogP contribution is -1.87. The summed E-state index contributed by atoms with van der Waals surface area (Å²) >= 11 is 3.14. The fourth-order valence-corrected chi connectivity index (χ4v) is 1.51. The molecule has 0 aliphatic rings. The van der Waals surface area contributed by atoms with E-state index in [1.54, 1.807) is 6.07 Å². The van der Waals surface area contributed by atoms with Crippen LogP contribution >= 0.6 is 15.9 Å². The van der Waals surface area contributed by atoms with E-state index in [-0.39, 0.29) is 5.52 Å². The predicted molar refractivity (Wildman–Crippen MR) is 48.9 cm³/mol. The molecule has 66 valence electrons. The Kier molecular flexibility index (Phi) is 1.88. The van der Waals surface area contributed by atoms with E-state index in [0.29, 0.717) is 9.86 Å². The van der Waals surface area contributed by atoms with Crippen molar-refractivity contribution in [1.29, 1.82) is 0 Å². The van der Waals surface area contributed by atoms with Gasteiger partial charge >= 0.3 is 6.01 Å². The van der Waals surface area contributed by atoms with Crippen LogP contribution in [-0.2, 0) is 0 Å². The van der Waals surface area contributed by atoms with Gasteiger partial charge in [0.1, 0.15) is 5.52 Å². The number of benzene rings is 1. The lowest BCUT2D eigenvalue weighted by Gasteiger charge is -1.99. The molecule has 1 aromatic heterocycles. The fourth-order valence-electron chi connectivity index (χ4n) is 1.06. The quantitative estimate of drug-likeness (QED) is 0.771. The summed E-state index contributed by atoms with van der Waals surface area (Å²) in [5, 5.41) is 9.47. The van der Waals surface area contributed by atoms with Crippen LogP contribution in [0.4, 0.5) is 4.39 Å². The van der Waals surface area contributed by atoms with E-state index in [1.807, 2.05) is 0 Å². The molecule has 0 atom stereocenters. The van der Waals surface area contributed by atoms with Crippen molar-refractivity contribution in [3.63, 3.8) is 0 Å². The molecule has 0 radical (unpaired) electrons. The summed E-state index contributed by atoms with van der Waals surface area (Å²) in [6, 6.07) is 2.54. The van der Waals surface area contributed by atoms with Gasteiger partial charge in [-0.15, -0.1) is 0 Å². The Labute approximate surface area is 81.4 Å². The first-order valence-corrected chi connectivity index (χ1v) is 4.27. The highest BCUT2D eigenvalue weighted by molar-refractivity contribution is 9.10. The van der Waals surface area contributed by atoms with E-state index >= 15 is 0 Å². The molecule has 0 saturated heterocycles. The summed E-state index contributed by atoms with van der Waals surface area (Å²) in [4.78, 5) is 7.11. The molecule has 2 rings (SSSR count). The highest BCUT2D eigenvalue weighted by Crippen LogP contribution is 2.21. The van der Waals surface area contributed by atoms with Gasteiger partial charge in [-0.2, -0.15) is 4.98 Å². The fraction of sp³-hybridized carbons (Fsp3) is 0. The van der Waals surface area contributed by atoms with Crippen molar-refractivity contribution < 1.29 is 9.50 Å². The molecule has 0 aliphatic carbocycles. The third kappa shape index (κ3) is 1.47. The number of rotatable bonds is 0. The summed E-state index contributed by atoms with van der Waals surface area (Å²) < 4.78 is 13.8. The molecule has 2 aromatic rings. The van der Waals surface area contributed by atoms with Gasteiger partial charge in [-0.3, -0.25) is 0 Å². The molecule has 3 nitrogen and oxygen atoms in total. The van der Waals surface area contributed by atoms with E-state index in [2.05, 4.69) is 25.9 Å². The number of aromatic nitrogens is 2. The van der Waals surface area contributed by atoms with Crippen molar-refractivity contribution >= 4 is 26.8 Å². The second kappa shape index (κ2) is 2.92. The molecule has 0 saturated carbocycles. The van der Waals surface area contributed by atoms with E-state index in [4.69, 9.17) is 5.11 Å². The molecule has 1 N–H and O–H groups in total. The van der Waals surface area contributed by atoms with E-state index in [1.165, 1.54) is 12.3 Å². The zero-order valence-electron chi connectivity index (χ0n) is 6.33. The Hall–Kier alpha value is -1.23. The second-order valence-electron chi connectivity index (χ2n) is 2.50. The Bertz CT molecular complexity index is 475. The van der Waals surface area contributed by atoms with Gasteiger partial charge in [0.15, 0.2) is 5.82 Å². The Balaban J connectivity index is 2.87. The van der Waals surface area contributed by atoms with Crippen molar-refractivity contribution in [2.24, 2.45) is 0 Å². The Morgan fingerprint density at radius 2 is 2.15 bits per heavy atom. The summed E-state index contributed by atoms with van der Waals surface area (Å²) in [5.74, 6) is -0.484. The summed E-state index contributed by atoms with van der Waals surface area (Å²) in [7, 11) is 0. The minimum Gasteiger partial charge on any atom is -0.479 e. The van der Waals surface area contributed by atoms with Gasteiger partial charge in [0.2, 0.25) is 0 Å². The smallest absolute Gasteiger partial charge is 0.314 e. The first-order chi connectivity index (χ1) is 6.16. The third-order valence-corrected chi connectivity index (χ3v) is 2.05. The molecular weight excluding hydrogens is 239 g/mol. The SMILES string of the molecule is Oc1ncc2cc(Br)cc(F)c2n1. The number of fused-ring (bicyclic) bond motifs is 1. The summed E-state index contributed by atoms with van der Waals surface area (Å²) in [6.45, 7) is 0. The molecule has 1 heterocycles. The zero-order chi connectivity index (χ0) is 9.42. The van der Waals surface area contributed by atoms with E-state index < -0.39 is 11.8 Å². The van der Waals surface area contributed by atoms with Crippen molar-refractivity contribution in [1.82, 2.24) is 9.97 Å². The van der Waals surface area contributed by atoms with Gasteiger partial charge in [0, 0.05) is 16.1 Å². The van der Waals surface area contributed by atoms with Gasteiger partial charge in [-0.05, 0) is 12.1 Å². The van der Waals surface area contributed by atoms with Crippen LogP contribution in [0.5, 0.6) is 6.01 Å². The van der Waals surface area contributed by atoms with Crippen LogP contribution in [0.3, 0.4) is 0 Å². The van der Waals surface area contributed by atoms with E-state index in [9.17, 15) is 4.39 Å². The van der Waals surface area contributed by atoms with Crippen LogP contribution in [0.2, 0.25) is 0 Å². The second-order valence-corrected chi connectivity index (χ2v) is 3.41. The predicted octanol–water partition coefficient (Wildman–Crippen LogP) is 2.24. The highest BCUT2D eigenvalue weighted by Gasteiger charge is 2.05. The number of aromatic hydroxyl groups is 1. The first-order valence-electron chi connectivity index (χ1n) is 3.47. The number of halogens is 2. The number of hydrogen-bond acceptors (Lipinski definition) is 3. The lowest BCUT2D eigenvalue weighted by molar-refractivity contribution is 0.432. The minimum atomic E-state index is -0.484. The van der Waals surface area contributed by atoms with Crippen LogP contribution in [-0.4, -0.2) is 15.1 Å². The molecule has 0 fully saturated rings. The average Bonchev–Trinajstić information content (AvgIpc) is 2.06. The molecule has 0 aliphatic heterocycles. The van der Waals surface area contributed by atoms with Crippen LogP contribution in [0, 0.1) is 5.82 Å². The maximum Gasteiger partial charge on any atom is 0.314 e. The average molecular weight is 243 g/mol. The van der Waals surface area contributed by atoms with Gasteiger partial charge in [-0.1, -0.05) is 15.9 Å². The van der Waals surface area contributed by atoms with E-state index in [0.717, 1.165) is 0 Å². The molecule has 5 heteroatoms. The maximum absolute atomic E-state index is 13.2. The van der Waals surface area contributed by atoms with Crippen molar-refractivity contribution in [2.75, 3.05) is 0 Å². The number of nitrogens with zero attached hydrogens (tertiary/aromatic N) is 2. The van der Waals surface area contributed by atoms with Crippen LogP contribution in [0.25, 0.3) is 10.9 Å². The Morgan fingerprint density at radius 1 is 1.38 bits per heavy atom. The largest absolute Gasteiger partial charge is 0.479 e.